The van der Waals surface area contributed by atoms with Crippen LogP contribution in [0, 0.1) is 5.82 Å². The summed E-state index contributed by atoms with van der Waals surface area (Å²) in [6.07, 6.45) is -0.890. The van der Waals surface area contributed by atoms with Crippen molar-refractivity contribution in [2.75, 3.05) is 6.61 Å². The zero-order valence-corrected chi connectivity index (χ0v) is 10.4. The normalized spacial score (nSPS) is 11.4. The van der Waals surface area contributed by atoms with Crippen molar-refractivity contribution in [1.82, 2.24) is 15.0 Å². The molecule has 0 aliphatic carbocycles. The van der Waals surface area contributed by atoms with E-state index in [2.05, 4.69) is 19.7 Å². The van der Waals surface area contributed by atoms with Crippen molar-refractivity contribution in [3.05, 3.63) is 35.6 Å². The number of alkyl halides is 3. The van der Waals surface area contributed by atoms with E-state index in [4.69, 9.17) is 11.6 Å². The van der Waals surface area contributed by atoms with Crippen LogP contribution in [0.1, 0.15) is 0 Å². The molecular weight excluding hydrogens is 302 g/mol. The van der Waals surface area contributed by atoms with Crippen LogP contribution in [0.4, 0.5) is 17.6 Å². The van der Waals surface area contributed by atoms with Crippen molar-refractivity contribution in [2.24, 2.45) is 0 Å². The lowest BCUT2D eigenvalue weighted by atomic mass is 10.2. The number of ether oxygens (including phenoxy) is 1. The summed E-state index contributed by atoms with van der Waals surface area (Å²) in [4.78, 5) is 11.1. The third kappa shape index (κ3) is 3.77. The van der Waals surface area contributed by atoms with Gasteiger partial charge in [-0.2, -0.15) is 13.2 Å². The SMILES string of the molecule is Fc1cc(-c2cnc(Cl)cn2)cnc1OCC(F)(F)F. The van der Waals surface area contributed by atoms with Crippen LogP contribution >= 0.6 is 11.6 Å². The Labute approximate surface area is 115 Å². The first-order chi connectivity index (χ1) is 9.35. The van der Waals surface area contributed by atoms with Gasteiger partial charge in [-0.1, -0.05) is 11.6 Å². The highest BCUT2D eigenvalue weighted by molar-refractivity contribution is 6.29. The fourth-order valence-electron chi connectivity index (χ4n) is 1.28. The Bertz CT molecular complexity index is 604. The molecule has 0 spiro atoms. The highest BCUT2D eigenvalue weighted by Crippen LogP contribution is 2.23. The molecule has 0 bridgehead atoms. The van der Waals surface area contributed by atoms with Gasteiger partial charge in [0.15, 0.2) is 12.4 Å². The largest absolute Gasteiger partial charge is 0.466 e. The lowest BCUT2D eigenvalue weighted by Crippen LogP contribution is -2.20. The number of hydrogen-bond acceptors (Lipinski definition) is 4. The minimum absolute atomic E-state index is 0.160. The average Bonchev–Trinajstić information content (AvgIpc) is 2.37. The molecule has 0 saturated heterocycles. The summed E-state index contributed by atoms with van der Waals surface area (Å²) in [5, 5.41) is 0.160. The fraction of sp³-hybridized carbons (Fsp3) is 0.182. The molecule has 9 heteroatoms. The van der Waals surface area contributed by atoms with Gasteiger partial charge in [0, 0.05) is 11.8 Å². The molecule has 0 aliphatic rings. The maximum atomic E-state index is 13.6. The number of aromatic nitrogens is 3. The Hall–Kier alpha value is -1.96. The highest BCUT2D eigenvalue weighted by Gasteiger charge is 2.29. The lowest BCUT2D eigenvalue weighted by molar-refractivity contribution is -0.154. The molecule has 20 heavy (non-hydrogen) atoms. The van der Waals surface area contributed by atoms with Crippen LogP contribution in [0.3, 0.4) is 0 Å². The second kappa shape index (κ2) is 5.58. The van der Waals surface area contributed by atoms with Crippen LogP contribution < -0.4 is 4.74 Å². The Morgan fingerprint density at radius 1 is 1.10 bits per heavy atom. The number of halogens is 5. The van der Waals surface area contributed by atoms with Gasteiger partial charge in [-0.05, 0) is 6.07 Å². The predicted molar refractivity (Wildman–Crippen MR) is 61.8 cm³/mol. The van der Waals surface area contributed by atoms with Gasteiger partial charge in [0.05, 0.1) is 18.1 Å². The van der Waals surface area contributed by atoms with Gasteiger partial charge in [0.1, 0.15) is 5.15 Å². The van der Waals surface area contributed by atoms with E-state index in [-0.39, 0.29) is 16.4 Å². The van der Waals surface area contributed by atoms with E-state index in [9.17, 15) is 17.6 Å². The Morgan fingerprint density at radius 3 is 2.40 bits per heavy atom. The Morgan fingerprint density at radius 2 is 1.85 bits per heavy atom. The summed E-state index contributed by atoms with van der Waals surface area (Å²) in [5.41, 5.74) is 0.522. The zero-order chi connectivity index (χ0) is 14.8. The second-order valence-corrected chi connectivity index (χ2v) is 4.03. The van der Waals surface area contributed by atoms with Crippen molar-refractivity contribution in [3.63, 3.8) is 0 Å². The molecule has 2 aromatic heterocycles. The molecule has 106 valence electrons. The van der Waals surface area contributed by atoms with Gasteiger partial charge < -0.3 is 4.74 Å². The van der Waals surface area contributed by atoms with E-state index in [0.717, 1.165) is 12.3 Å². The average molecular weight is 308 g/mol. The van der Waals surface area contributed by atoms with E-state index in [1.54, 1.807) is 0 Å². The van der Waals surface area contributed by atoms with Gasteiger partial charge in [0.2, 0.25) is 0 Å². The van der Waals surface area contributed by atoms with Gasteiger partial charge in [0.25, 0.3) is 5.88 Å². The smallest absolute Gasteiger partial charge is 0.422 e. The molecule has 4 nitrogen and oxygen atoms in total. The minimum Gasteiger partial charge on any atom is -0.466 e. The second-order valence-electron chi connectivity index (χ2n) is 3.64. The van der Waals surface area contributed by atoms with Crippen LogP contribution in [0.5, 0.6) is 5.88 Å². The first kappa shape index (κ1) is 14.4. The molecular formula is C11H6ClF4N3O. The Balaban J connectivity index is 2.19. The van der Waals surface area contributed by atoms with E-state index in [0.29, 0.717) is 0 Å². The predicted octanol–water partition coefficient (Wildman–Crippen LogP) is 3.27. The zero-order valence-electron chi connectivity index (χ0n) is 9.66. The molecule has 0 saturated carbocycles. The van der Waals surface area contributed by atoms with E-state index in [1.165, 1.54) is 12.4 Å². The number of nitrogens with zero attached hydrogens (tertiary/aromatic N) is 3. The van der Waals surface area contributed by atoms with Gasteiger partial charge in [-0.15, -0.1) is 0 Å². The van der Waals surface area contributed by atoms with Crippen LogP contribution in [0.15, 0.2) is 24.7 Å². The molecule has 2 rings (SSSR count). The summed E-state index contributed by atoms with van der Waals surface area (Å²) in [7, 11) is 0. The lowest BCUT2D eigenvalue weighted by Gasteiger charge is -2.09. The monoisotopic (exact) mass is 307 g/mol. The maximum absolute atomic E-state index is 13.6. The first-order valence-corrected chi connectivity index (χ1v) is 5.56. The molecule has 0 atom stereocenters. The number of rotatable bonds is 3. The molecule has 0 aliphatic heterocycles. The van der Waals surface area contributed by atoms with Crippen molar-refractivity contribution < 1.29 is 22.3 Å². The third-order valence-corrected chi connectivity index (χ3v) is 2.29. The maximum Gasteiger partial charge on any atom is 0.422 e. The summed E-state index contributed by atoms with van der Waals surface area (Å²) >= 11 is 5.55. The van der Waals surface area contributed by atoms with E-state index >= 15 is 0 Å². The van der Waals surface area contributed by atoms with Crippen LogP contribution in [-0.4, -0.2) is 27.7 Å². The summed E-state index contributed by atoms with van der Waals surface area (Å²) in [6, 6.07) is 0.955. The fourth-order valence-corrected chi connectivity index (χ4v) is 1.38. The summed E-state index contributed by atoms with van der Waals surface area (Å²) < 4.78 is 53.7. The van der Waals surface area contributed by atoms with Crippen LogP contribution in [-0.2, 0) is 0 Å². The van der Waals surface area contributed by atoms with Crippen molar-refractivity contribution in [1.29, 1.82) is 0 Å². The van der Waals surface area contributed by atoms with Crippen molar-refractivity contribution in [3.8, 4) is 17.1 Å². The molecule has 0 aromatic carbocycles. The minimum atomic E-state index is -4.56. The molecule has 0 N–H and O–H groups in total. The van der Waals surface area contributed by atoms with Gasteiger partial charge >= 0.3 is 6.18 Å². The van der Waals surface area contributed by atoms with Crippen LogP contribution in [0.2, 0.25) is 5.15 Å². The standard InChI is InChI=1S/C11H6ClF4N3O/c12-9-4-17-8(3-18-9)6-1-7(13)10(19-2-6)20-5-11(14,15)16/h1-4H,5H2. The molecule has 0 unspecified atom stereocenters. The molecule has 0 amide bonds. The topological polar surface area (TPSA) is 47.9 Å². The van der Waals surface area contributed by atoms with Crippen LogP contribution in [0.25, 0.3) is 11.3 Å². The molecule has 2 aromatic rings. The molecule has 0 fully saturated rings. The van der Waals surface area contributed by atoms with Gasteiger partial charge in [-0.3, -0.25) is 4.98 Å². The summed E-state index contributed by atoms with van der Waals surface area (Å²) in [5.74, 6) is -1.75. The first-order valence-electron chi connectivity index (χ1n) is 5.18. The highest BCUT2D eigenvalue weighted by atomic mass is 35.5. The van der Waals surface area contributed by atoms with E-state index < -0.39 is 24.5 Å². The van der Waals surface area contributed by atoms with Crippen molar-refractivity contribution in [2.45, 2.75) is 6.18 Å². The van der Waals surface area contributed by atoms with Gasteiger partial charge in [-0.25, -0.2) is 14.4 Å². The quantitative estimate of drug-likeness (QED) is 0.817. The third-order valence-electron chi connectivity index (χ3n) is 2.10. The molecule has 2 heterocycles. The molecule has 0 radical (unpaired) electrons. The summed E-state index contributed by atoms with van der Waals surface area (Å²) in [6.45, 7) is -1.61. The number of hydrogen-bond donors (Lipinski definition) is 0. The van der Waals surface area contributed by atoms with Crippen molar-refractivity contribution >= 4 is 11.6 Å². The Kier molecular flexibility index (Phi) is 4.03. The number of pyridine rings is 1. The van der Waals surface area contributed by atoms with E-state index in [1.807, 2.05) is 0 Å².